The van der Waals surface area contributed by atoms with Crippen molar-refractivity contribution < 1.29 is 17.5 Å². The standard InChI is InChI=1S/C12H16FNO3S/c1-17-12-3-2-10(13)6-9(12)7-11-8-18(15,16)5-4-14-11/h2-3,6,11,14H,4-5,7-8H2,1H3. The highest BCUT2D eigenvalue weighted by molar-refractivity contribution is 7.91. The van der Waals surface area contributed by atoms with Gasteiger partial charge in [0.05, 0.1) is 18.6 Å². The van der Waals surface area contributed by atoms with Crippen LogP contribution in [0.15, 0.2) is 18.2 Å². The van der Waals surface area contributed by atoms with Crippen LogP contribution >= 0.6 is 0 Å². The first kappa shape index (κ1) is 13.3. The molecular formula is C12H16FNO3S. The summed E-state index contributed by atoms with van der Waals surface area (Å²) in [6.07, 6.45) is 0.445. The van der Waals surface area contributed by atoms with Gasteiger partial charge in [0.25, 0.3) is 0 Å². The zero-order chi connectivity index (χ0) is 13.2. The zero-order valence-electron chi connectivity index (χ0n) is 10.1. The van der Waals surface area contributed by atoms with E-state index in [4.69, 9.17) is 4.74 Å². The Balaban J connectivity index is 2.16. The maximum Gasteiger partial charge on any atom is 0.153 e. The Kier molecular flexibility index (Phi) is 3.87. The van der Waals surface area contributed by atoms with E-state index in [9.17, 15) is 12.8 Å². The van der Waals surface area contributed by atoms with Crippen LogP contribution in [0.2, 0.25) is 0 Å². The summed E-state index contributed by atoms with van der Waals surface area (Å²) < 4.78 is 41.4. The van der Waals surface area contributed by atoms with Gasteiger partial charge >= 0.3 is 0 Å². The molecule has 1 saturated heterocycles. The molecule has 1 unspecified atom stereocenters. The Morgan fingerprint density at radius 1 is 1.50 bits per heavy atom. The molecule has 2 rings (SSSR count). The van der Waals surface area contributed by atoms with E-state index < -0.39 is 9.84 Å². The molecule has 0 amide bonds. The highest BCUT2D eigenvalue weighted by atomic mass is 32.2. The summed E-state index contributed by atoms with van der Waals surface area (Å²) in [6, 6.07) is 4.09. The Morgan fingerprint density at radius 2 is 2.28 bits per heavy atom. The molecule has 1 fully saturated rings. The SMILES string of the molecule is COc1ccc(F)cc1CC1CS(=O)(=O)CCN1. The molecule has 4 nitrogen and oxygen atoms in total. The van der Waals surface area contributed by atoms with Gasteiger partial charge in [0.15, 0.2) is 9.84 Å². The lowest BCUT2D eigenvalue weighted by Gasteiger charge is -2.24. The maximum atomic E-state index is 13.2. The number of ether oxygens (including phenoxy) is 1. The second-order valence-corrected chi connectivity index (χ2v) is 6.65. The first-order chi connectivity index (χ1) is 8.50. The van der Waals surface area contributed by atoms with Gasteiger partial charge in [0, 0.05) is 12.6 Å². The van der Waals surface area contributed by atoms with Gasteiger partial charge in [-0.2, -0.15) is 0 Å². The molecule has 1 atom stereocenters. The molecule has 0 aromatic heterocycles. The minimum absolute atomic E-state index is 0.0899. The summed E-state index contributed by atoms with van der Waals surface area (Å²) >= 11 is 0. The van der Waals surface area contributed by atoms with Crippen LogP contribution < -0.4 is 10.1 Å². The number of nitrogens with one attached hydrogen (secondary N) is 1. The molecule has 0 saturated carbocycles. The van der Waals surface area contributed by atoms with Crippen LogP contribution in [0.1, 0.15) is 5.56 Å². The molecule has 1 aliphatic rings. The Bertz CT molecular complexity index is 530. The van der Waals surface area contributed by atoms with Gasteiger partial charge in [-0.25, -0.2) is 12.8 Å². The predicted octanol–water partition coefficient (Wildman–Crippen LogP) is 0.763. The van der Waals surface area contributed by atoms with Crippen molar-refractivity contribution in [2.75, 3.05) is 25.2 Å². The van der Waals surface area contributed by atoms with Crippen molar-refractivity contribution in [3.63, 3.8) is 0 Å². The van der Waals surface area contributed by atoms with Crippen LogP contribution in [0.25, 0.3) is 0 Å². The first-order valence-corrected chi connectivity index (χ1v) is 7.58. The molecular weight excluding hydrogens is 257 g/mol. The Morgan fingerprint density at radius 3 is 2.94 bits per heavy atom. The van der Waals surface area contributed by atoms with Gasteiger partial charge < -0.3 is 10.1 Å². The molecule has 1 aromatic carbocycles. The van der Waals surface area contributed by atoms with Gasteiger partial charge in [-0.05, 0) is 30.2 Å². The molecule has 0 radical (unpaired) electrons. The van der Waals surface area contributed by atoms with Gasteiger partial charge in [0.1, 0.15) is 11.6 Å². The van der Waals surface area contributed by atoms with Crippen molar-refractivity contribution in [2.24, 2.45) is 0 Å². The second-order valence-electron chi connectivity index (χ2n) is 4.43. The van der Waals surface area contributed by atoms with Crippen molar-refractivity contribution in [1.29, 1.82) is 0 Å². The van der Waals surface area contributed by atoms with E-state index in [0.717, 1.165) is 0 Å². The van der Waals surface area contributed by atoms with E-state index in [1.807, 2.05) is 0 Å². The zero-order valence-corrected chi connectivity index (χ0v) is 11.0. The number of rotatable bonds is 3. The third kappa shape index (κ3) is 3.20. The van der Waals surface area contributed by atoms with E-state index in [1.165, 1.54) is 19.2 Å². The fourth-order valence-corrected chi connectivity index (χ4v) is 3.61. The van der Waals surface area contributed by atoms with E-state index in [2.05, 4.69) is 5.32 Å². The summed E-state index contributed by atoms with van der Waals surface area (Å²) in [5.41, 5.74) is 0.687. The summed E-state index contributed by atoms with van der Waals surface area (Å²) in [5.74, 6) is 0.502. The number of hydrogen-bond acceptors (Lipinski definition) is 4. The molecule has 18 heavy (non-hydrogen) atoms. The third-order valence-electron chi connectivity index (χ3n) is 3.01. The fourth-order valence-electron chi connectivity index (χ4n) is 2.17. The lowest BCUT2D eigenvalue weighted by Crippen LogP contribution is -2.46. The average Bonchev–Trinajstić information content (AvgIpc) is 2.28. The molecule has 0 aliphatic carbocycles. The molecule has 1 N–H and O–H groups in total. The van der Waals surface area contributed by atoms with E-state index in [1.54, 1.807) is 6.07 Å². The lowest BCUT2D eigenvalue weighted by atomic mass is 10.1. The topological polar surface area (TPSA) is 55.4 Å². The largest absolute Gasteiger partial charge is 0.496 e. The molecule has 100 valence electrons. The normalized spacial score (nSPS) is 22.7. The van der Waals surface area contributed by atoms with Gasteiger partial charge in [-0.1, -0.05) is 0 Å². The van der Waals surface area contributed by atoms with Crippen LogP contribution in [-0.4, -0.2) is 39.6 Å². The van der Waals surface area contributed by atoms with Crippen LogP contribution in [-0.2, 0) is 16.3 Å². The second kappa shape index (κ2) is 5.24. The number of benzene rings is 1. The van der Waals surface area contributed by atoms with E-state index >= 15 is 0 Å². The van der Waals surface area contributed by atoms with E-state index in [-0.39, 0.29) is 23.4 Å². The quantitative estimate of drug-likeness (QED) is 0.883. The number of halogens is 1. The van der Waals surface area contributed by atoms with Gasteiger partial charge in [-0.3, -0.25) is 0 Å². The van der Waals surface area contributed by atoms with Crippen LogP contribution in [0.3, 0.4) is 0 Å². The first-order valence-electron chi connectivity index (χ1n) is 5.76. The van der Waals surface area contributed by atoms with Gasteiger partial charge in [0.2, 0.25) is 0 Å². The fraction of sp³-hybridized carbons (Fsp3) is 0.500. The van der Waals surface area contributed by atoms with Gasteiger partial charge in [-0.15, -0.1) is 0 Å². The van der Waals surface area contributed by atoms with Crippen molar-refractivity contribution in [2.45, 2.75) is 12.5 Å². The molecule has 1 aromatic rings. The predicted molar refractivity (Wildman–Crippen MR) is 67.1 cm³/mol. The number of sulfone groups is 1. The summed E-state index contributed by atoms with van der Waals surface area (Å²) in [5, 5.41) is 3.14. The van der Waals surface area contributed by atoms with Crippen molar-refractivity contribution in [3.8, 4) is 5.75 Å². The third-order valence-corrected chi connectivity index (χ3v) is 4.75. The van der Waals surface area contributed by atoms with Crippen LogP contribution in [0.4, 0.5) is 4.39 Å². The summed E-state index contributed by atoms with van der Waals surface area (Å²) in [6.45, 7) is 0.449. The monoisotopic (exact) mass is 273 g/mol. The number of hydrogen-bond donors (Lipinski definition) is 1. The van der Waals surface area contributed by atoms with Crippen molar-refractivity contribution in [3.05, 3.63) is 29.6 Å². The highest BCUT2D eigenvalue weighted by Crippen LogP contribution is 2.21. The highest BCUT2D eigenvalue weighted by Gasteiger charge is 2.25. The van der Waals surface area contributed by atoms with E-state index in [0.29, 0.717) is 24.3 Å². The summed E-state index contributed by atoms with van der Waals surface area (Å²) in [4.78, 5) is 0. The minimum Gasteiger partial charge on any atom is -0.496 e. The smallest absolute Gasteiger partial charge is 0.153 e. The molecule has 0 spiro atoms. The molecule has 1 heterocycles. The van der Waals surface area contributed by atoms with Crippen molar-refractivity contribution in [1.82, 2.24) is 5.32 Å². The molecule has 6 heteroatoms. The average molecular weight is 273 g/mol. The lowest BCUT2D eigenvalue weighted by molar-refractivity contribution is 0.404. The van der Waals surface area contributed by atoms with Crippen molar-refractivity contribution >= 4 is 9.84 Å². The maximum absolute atomic E-state index is 13.2. The molecule has 0 bridgehead atoms. The van der Waals surface area contributed by atoms with Crippen LogP contribution in [0, 0.1) is 5.82 Å². The summed E-state index contributed by atoms with van der Waals surface area (Å²) in [7, 11) is -1.46. The van der Waals surface area contributed by atoms with Crippen LogP contribution in [0.5, 0.6) is 5.75 Å². The Hall–Kier alpha value is -1.14. The molecule has 1 aliphatic heterocycles. The number of methoxy groups -OCH3 is 1. The minimum atomic E-state index is -2.98. The Labute approximate surface area is 106 Å².